The third kappa shape index (κ3) is 3.78. The molecule has 0 atom stereocenters. The van der Waals surface area contributed by atoms with Crippen LogP contribution in [0.4, 0.5) is 5.69 Å². The van der Waals surface area contributed by atoms with Crippen molar-refractivity contribution < 1.29 is 18.8 Å². The molecule has 7 nitrogen and oxygen atoms in total. The van der Waals surface area contributed by atoms with Crippen molar-refractivity contribution in [3.05, 3.63) is 59.8 Å². The number of fused-ring (bicyclic) bond motifs is 1. The van der Waals surface area contributed by atoms with Gasteiger partial charge in [-0.2, -0.15) is 0 Å². The Bertz CT molecular complexity index is 997. The molecular formula is C21H21N3O4. The van der Waals surface area contributed by atoms with E-state index in [1.807, 2.05) is 61.5 Å². The highest BCUT2D eigenvalue weighted by molar-refractivity contribution is 5.95. The van der Waals surface area contributed by atoms with E-state index in [-0.39, 0.29) is 12.5 Å². The zero-order chi connectivity index (χ0) is 19.5. The second-order valence-electron chi connectivity index (χ2n) is 6.67. The van der Waals surface area contributed by atoms with E-state index in [2.05, 4.69) is 10.5 Å². The number of ether oxygens (including phenoxy) is 2. The summed E-state index contributed by atoms with van der Waals surface area (Å²) in [4.78, 5) is 14.4. The van der Waals surface area contributed by atoms with E-state index in [1.54, 1.807) is 6.07 Å². The zero-order valence-electron chi connectivity index (χ0n) is 15.8. The molecule has 1 aromatic heterocycles. The fraction of sp³-hybridized carbons (Fsp3) is 0.238. The summed E-state index contributed by atoms with van der Waals surface area (Å²) in [6.45, 7) is 1.36. The number of nitrogens with one attached hydrogen (secondary N) is 1. The number of rotatable bonds is 5. The molecule has 1 N–H and O–H groups in total. The molecule has 4 rings (SSSR count). The Balaban J connectivity index is 1.42. The third-order valence-electron chi connectivity index (χ3n) is 4.44. The molecule has 0 saturated heterocycles. The van der Waals surface area contributed by atoms with Gasteiger partial charge in [-0.15, -0.1) is 0 Å². The van der Waals surface area contributed by atoms with E-state index in [9.17, 15) is 4.79 Å². The number of anilines is 1. The maximum Gasteiger partial charge on any atom is 0.251 e. The van der Waals surface area contributed by atoms with Crippen molar-refractivity contribution in [2.24, 2.45) is 0 Å². The summed E-state index contributed by atoms with van der Waals surface area (Å²) in [7, 11) is 3.87. The number of hydrogen-bond donors (Lipinski definition) is 1. The predicted molar refractivity (Wildman–Crippen MR) is 105 cm³/mol. The quantitative estimate of drug-likeness (QED) is 0.734. The van der Waals surface area contributed by atoms with Gasteiger partial charge in [-0.3, -0.25) is 4.79 Å². The van der Waals surface area contributed by atoms with Crippen molar-refractivity contribution in [3.63, 3.8) is 0 Å². The summed E-state index contributed by atoms with van der Waals surface area (Å²) in [5.41, 5.74) is 3.05. The van der Waals surface area contributed by atoms with Crippen LogP contribution in [-0.2, 0) is 6.54 Å². The summed E-state index contributed by atoms with van der Waals surface area (Å²) in [6.07, 6.45) is 0. The molecule has 1 aliphatic heterocycles. The monoisotopic (exact) mass is 379 g/mol. The van der Waals surface area contributed by atoms with Crippen molar-refractivity contribution in [1.29, 1.82) is 0 Å². The number of carbonyl (C=O) groups excluding carboxylic acids is 1. The van der Waals surface area contributed by atoms with E-state index in [0.717, 1.165) is 17.0 Å². The van der Waals surface area contributed by atoms with E-state index in [4.69, 9.17) is 14.0 Å². The highest BCUT2D eigenvalue weighted by atomic mass is 16.6. The van der Waals surface area contributed by atoms with Gasteiger partial charge in [-0.25, -0.2) is 0 Å². The first kappa shape index (κ1) is 17.9. The summed E-state index contributed by atoms with van der Waals surface area (Å²) in [6, 6.07) is 14.9. The van der Waals surface area contributed by atoms with Crippen molar-refractivity contribution in [3.8, 4) is 22.8 Å². The molecule has 0 saturated carbocycles. The SMILES string of the molecule is CN(C)c1cccc(C(=O)NCc2cc(-c3ccc4c(c3)OCCO4)on2)c1. The second kappa shape index (κ2) is 7.64. The molecular weight excluding hydrogens is 358 g/mol. The zero-order valence-corrected chi connectivity index (χ0v) is 15.8. The van der Waals surface area contributed by atoms with Crippen LogP contribution >= 0.6 is 0 Å². The molecule has 0 radical (unpaired) electrons. The number of nitrogens with zero attached hydrogens (tertiary/aromatic N) is 2. The lowest BCUT2D eigenvalue weighted by molar-refractivity contribution is 0.0950. The maximum absolute atomic E-state index is 12.4. The van der Waals surface area contributed by atoms with Crippen LogP contribution in [0.1, 0.15) is 16.1 Å². The Hall–Kier alpha value is -3.48. The van der Waals surface area contributed by atoms with Crippen molar-refractivity contribution in [1.82, 2.24) is 10.5 Å². The third-order valence-corrected chi connectivity index (χ3v) is 4.44. The van der Waals surface area contributed by atoms with Crippen molar-refractivity contribution in [2.75, 3.05) is 32.2 Å². The molecule has 2 aromatic carbocycles. The van der Waals surface area contributed by atoms with Gasteiger partial charge in [0, 0.05) is 37.0 Å². The summed E-state index contributed by atoms with van der Waals surface area (Å²) >= 11 is 0. The first-order valence-corrected chi connectivity index (χ1v) is 9.01. The van der Waals surface area contributed by atoms with Crippen LogP contribution in [0.25, 0.3) is 11.3 Å². The fourth-order valence-electron chi connectivity index (χ4n) is 2.93. The fourth-order valence-corrected chi connectivity index (χ4v) is 2.93. The van der Waals surface area contributed by atoms with Crippen LogP contribution in [-0.4, -0.2) is 38.4 Å². The van der Waals surface area contributed by atoms with Gasteiger partial charge in [-0.1, -0.05) is 11.2 Å². The van der Waals surface area contributed by atoms with Gasteiger partial charge in [-0.05, 0) is 36.4 Å². The Kier molecular flexibility index (Phi) is 4.89. The molecule has 28 heavy (non-hydrogen) atoms. The van der Waals surface area contributed by atoms with Crippen LogP contribution in [0.3, 0.4) is 0 Å². The van der Waals surface area contributed by atoms with Gasteiger partial charge in [0.2, 0.25) is 0 Å². The molecule has 0 spiro atoms. The molecule has 0 fully saturated rings. The van der Waals surface area contributed by atoms with Gasteiger partial charge in [0.05, 0.1) is 6.54 Å². The van der Waals surface area contributed by atoms with Crippen LogP contribution < -0.4 is 19.7 Å². The number of amides is 1. The van der Waals surface area contributed by atoms with E-state index < -0.39 is 0 Å². The summed E-state index contributed by atoms with van der Waals surface area (Å²) < 4.78 is 16.6. The van der Waals surface area contributed by atoms with Crippen LogP contribution in [0.15, 0.2) is 53.1 Å². The van der Waals surface area contributed by atoms with Gasteiger partial charge < -0.3 is 24.2 Å². The van der Waals surface area contributed by atoms with Crippen molar-refractivity contribution in [2.45, 2.75) is 6.54 Å². The normalized spacial score (nSPS) is 12.5. The van der Waals surface area contributed by atoms with Crippen LogP contribution in [0.2, 0.25) is 0 Å². The van der Waals surface area contributed by atoms with Gasteiger partial charge in [0.1, 0.15) is 18.9 Å². The maximum atomic E-state index is 12.4. The lowest BCUT2D eigenvalue weighted by Gasteiger charge is -2.18. The minimum Gasteiger partial charge on any atom is -0.486 e. The average molecular weight is 379 g/mol. The predicted octanol–water partition coefficient (Wildman–Crippen LogP) is 3.11. The Morgan fingerprint density at radius 2 is 1.89 bits per heavy atom. The smallest absolute Gasteiger partial charge is 0.251 e. The molecule has 0 aliphatic carbocycles. The lowest BCUT2D eigenvalue weighted by Crippen LogP contribution is -2.23. The highest BCUT2D eigenvalue weighted by Gasteiger charge is 2.15. The van der Waals surface area contributed by atoms with Crippen LogP contribution in [0.5, 0.6) is 11.5 Å². The lowest BCUT2D eigenvalue weighted by atomic mass is 10.1. The minimum atomic E-state index is -0.160. The Morgan fingerprint density at radius 1 is 1.07 bits per heavy atom. The minimum absolute atomic E-state index is 0.160. The molecule has 0 unspecified atom stereocenters. The molecule has 1 amide bonds. The number of hydrogen-bond acceptors (Lipinski definition) is 6. The molecule has 7 heteroatoms. The van der Waals surface area contributed by atoms with Crippen molar-refractivity contribution >= 4 is 11.6 Å². The molecule has 0 bridgehead atoms. The average Bonchev–Trinajstić information content (AvgIpc) is 3.21. The number of benzene rings is 2. The van der Waals surface area contributed by atoms with E-state index in [1.165, 1.54) is 0 Å². The summed E-state index contributed by atoms with van der Waals surface area (Å²) in [5, 5.41) is 6.92. The van der Waals surface area contributed by atoms with Gasteiger partial charge in [0.15, 0.2) is 17.3 Å². The number of carbonyl (C=O) groups is 1. The first-order chi connectivity index (χ1) is 13.6. The first-order valence-electron chi connectivity index (χ1n) is 9.01. The van der Waals surface area contributed by atoms with E-state index >= 15 is 0 Å². The number of aromatic nitrogens is 1. The largest absolute Gasteiger partial charge is 0.486 e. The van der Waals surface area contributed by atoms with Crippen LogP contribution in [0, 0.1) is 0 Å². The van der Waals surface area contributed by atoms with E-state index in [0.29, 0.717) is 36.0 Å². The highest BCUT2D eigenvalue weighted by Crippen LogP contribution is 2.34. The Morgan fingerprint density at radius 3 is 2.71 bits per heavy atom. The topological polar surface area (TPSA) is 76.8 Å². The molecule has 1 aliphatic rings. The van der Waals surface area contributed by atoms with Gasteiger partial charge >= 0.3 is 0 Å². The summed E-state index contributed by atoms with van der Waals surface area (Å²) in [5.74, 6) is 1.86. The molecule has 144 valence electrons. The standard InChI is InChI=1S/C21H21N3O4/c1-24(2)17-5-3-4-15(10-17)21(25)22-13-16-12-19(28-23-16)14-6-7-18-20(11-14)27-9-8-26-18/h3-7,10-12H,8-9,13H2,1-2H3,(H,22,25). The second-order valence-corrected chi connectivity index (χ2v) is 6.67. The Labute approximate surface area is 162 Å². The van der Waals surface area contributed by atoms with Gasteiger partial charge in [0.25, 0.3) is 5.91 Å². The molecule has 2 heterocycles. The molecule has 3 aromatic rings.